The highest BCUT2D eigenvalue weighted by Gasteiger charge is 2.27. The van der Waals surface area contributed by atoms with Crippen LogP contribution < -0.4 is 4.31 Å². The van der Waals surface area contributed by atoms with Crippen LogP contribution >= 0.6 is 11.3 Å². The first kappa shape index (κ1) is 19.9. The summed E-state index contributed by atoms with van der Waals surface area (Å²) in [7, 11) is -3.82. The number of nitrogens with zero attached hydrogens (tertiary/aromatic N) is 6. The van der Waals surface area contributed by atoms with E-state index in [1.54, 1.807) is 42.1 Å². The van der Waals surface area contributed by atoms with Crippen molar-refractivity contribution >= 4 is 38.4 Å². The molecule has 11 heteroatoms. The Morgan fingerprint density at radius 2 is 1.90 bits per heavy atom. The predicted molar refractivity (Wildman–Crippen MR) is 115 cm³/mol. The third-order valence-electron chi connectivity index (χ3n) is 4.15. The Labute approximate surface area is 177 Å². The Kier molecular flexibility index (Phi) is 5.91. The number of H-pyrrole nitrogens is 1. The molecule has 2 aromatic carbocycles. The van der Waals surface area contributed by atoms with Gasteiger partial charge in [-0.1, -0.05) is 35.5 Å². The van der Waals surface area contributed by atoms with Crippen LogP contribution in [0.3, 0.4) is 0 Å². The first-order chi connectivity index (χ1) is 14.6. The van der Waals surface area contributed by atoms with Crippen LogP contribution in [0.1, 0.15) is 11.4 Å². The molecule has 0 saturated heterocycles. The largest absolute Gasteiger partial charge is 0.266 e. The van der Waals surface area contributed by atoms with E-state index in [0.29, 0.717) is 23.1 Å². The molecule has 0 amide bonds. The quantitative estimate of drug-likeness (QED) is 0.422. The van der Waals surface area contributed by atoms with Gasteiger partial charge in [0.25, 0.3) is 10.0 Å². The fourth-order valence-electron chi connectivity index (χ4n) is 2.67. The smallest absolute Gasteiger partial charge is 0.256 e. The number of rotatable bonds is 8. The maximum atomic E-state index is 13.3. The number of benzene rings is 2. The molecule has 0 saturated carbocycles. The summed E-state index contributed by atoms with van der Waals surface area (Å²) in [5.74, 6) is 0.428. The zero-order chi connectivity index (χ0) is 20.8. The van der Waals surface area contributed by atoms with Crippen molar-refractivity contribution in [2.75, 3.05) is 10.8 Å². The molecule has 0 aliphatic carbocycles. The van der Waals surface area contributed by atoms with Gasteiger partial charge in [0.1, 0.15) is 0 Å². The van der Waals surface area contributed by atoms with E-state index in [1.165, 1.54) is 15.6 Å². The molecule has 4 aromatic rings. The molecule has 0 atom stereocenters. The van der Waals surface area contributed by atoms with Crippen LogP contribution in [0.2, 0.25) is 0 Å². The summed E-state index contributed by atoms with van der Waals surface area (Å²) in [4.78, 5) is 8.72. The zero-order valence-corrected chi connectivity index (χ0v) is 17.3. The minimum absolute atomic E-state index is 0.142. The fraction of sp³-hybridized carbons (Fsp3) is 0.105. The van der Waals surface area contributed by atoms with Crippen LogP contribution in [-0.2, 0) is 16.4 Å². The summed E-state index contributed by atoms with van der Waals surface area (Å²) >= 11 is 1.25. The lowest BCUT2D eigenvalue weighted by molar-refractivity contribution is 0.590. The van der Waals surface area contributed by atoms with Gasteiger partial charge in [-0.3, -0.25) is 4.99 Å². The molecule has 0 unspecified atom stereocenters. The molecule has 4 rings (SSSR count). The molecule has 152 valence electrons. The summed E-state index contributed by atoms with van der Waals surface area (Å²) in [6, 6.07) is 16.1. The highest BCUT2D eigenvalue weighted by Crippen LogP contribution is 2.27. The topological polar surface area (TPSA) is 117 Å². The second-order valence-electron chi connectivity index (χ2n) is 6.13. The number of tetrazole rings is 1. The third-order valence-corrected chi connectivity index (χ3v) is 6.86. The van der Waals surface area contributed by atoms with Gasteiger partial charge in [-0.05, 0) is 29.8 Å². The van der Waals surface area contributed by atoms with Crippen LogP contribution in [0.4, 0.5) is 10.8 Å². The molecule has 0 bridgehead atoms. The molecule has 2 aromatic heterocycles. The number of aliphatic imine (C=N–C) groups is 1. The van der Waals surface area contributed by atoms with Gasteiger partial charge in [-0.15, -0.1) is 21.5 Å². The predicted octanol–water partition coefficient (Wildman–Crippen LogP) is 2.84. The van der Waals surface area contributed by atoms with Crippen molar-refractivity contribution in [1.29, 1.82) is 0 Å². The van der Waals surface area contributed by atoms with Gasteiger partial charge in [0.05, 0.1) is 10.6 Å². The van der Waals surface area contributed by atoms with Crippen molar-refractivity contribution < 1.29 is 8.42 Å². The van der Waals surface area contributed by atoms with Crippen LogP contribution in [-0.4, -0.2) is 46.8 Å². The lowest BCUT2D eigenvalue weighted by Crippen LogP contribution is -2.33. The van der Waals surface area contributed by atoms with Gasteiger partial charge in [0.15, 0.2) is 11.0 Å². The maximum Gasteiger partial charge on any atom is 0.266 e. The van der Waals surface area contributed by atoms with E-state index in [4.69, 9.17) is 0 Å². The number of sulfonamides is 1. The summed E-state index contributed by atoms with van der Waals surface area (Å²) in [6.07, 6.45) is 3.60. The Hall–Kier alpha value is -3.44. The van der Waals surface area contributed by atoms with E-state index in [0.717, 1.165) is 5.56 Å². The molecule has 2 heterocycles. The van der Waals surface area contributed by atoms with Crippen LogP contribution in [0.25, 0.3) is 0 Å². The second-order valence-corrected chi connectivity index (χ2v) is 8.87. The average molecular weight is 440 g/mol. The molecule has 30 heavy (non-hydrogen) atoms. The highest BCUT2D eigenvalue weighted by molar-refractivity contribution is 7.93. The number of hydrogen-bond donors (Lipinski definition) is 1. The lowest BCUT2D eigenvalue weighted by Gasteiger charge is -2.21. The van der Waals surface area contributed by atoms with E-state index in [2.05, 4.69) is 30.6 Å². The van der Waals surface area contributed by atoms with Crippen molar-refractivity contribution in [3.8, 4) is 0 Å². The number of nitrogens with one attached hydrogen (secondary N) is 1. The monoisotopic (exact) mass is 439 g/mol. The molecule has 0 aliphatic heterocycles. The highest BCUT2D eigenvalue weighted by atomic mass is 32.2. The van der Waals surface area contributed by atoms with Crippen LogP contribution in [0.5, 0.6) is 0 Å². The van der Waals surface area contributed by atoms with E-state index in [1.807, 2.05) is 30.3 Å². The van der Waals surface area contributed by atoms with Gasteiger partial charge in [-0.25, -0.2) is 17.7 Å². The SMILES string of the molecule is O=S(=O)(c1ccc(N=Cc2ccccc2)cc1)N(CCc1nn[nH]n1)c1nccs1. The third kappa shape index (κ3) is 4.58. The van der Waals surface area contributed by atoms with Crippen molar-refractivity contribution in [3.05, 3.63) is 77.6 Å². The summed E-state index contributed by atoms with van der Waals surface area (Å²) in [5.41, 5.74) is 1.62. The Morgan fingerprint density at radius 1 is 1.10 bits per heavy atom. The van der Waals surface area contributed by atoms with Crippen LogP contribution in [0, 0.1) is 0 Å². The second kappa shape index (κ2) is 8.93. The summed E-state index contributed by atoms with van der Waals surface area (Å²) in [6.45, 7) is 0.142. The molecule has 1 N–H and O–H groups in total. The Bertz CT molecular complexity index is 1190. The van der Waals surface area contributed by atoms with Crippen LogP contribution in [0.15, 0.2) is 76.1 Å². The molecular weight excluding hydrogens is 422 g/mol. The van der Waals surface area contributed by atoms with E-state index >= 15 is 0 Å². The number of anilines is 1. The molecule has 0 fully saturated rings. The van der Waals surface area contributed by atoms with Gasteiger partial charge >= 0.3 is 0 Å². The molecule has 0 spiro atoms. The Morgan fingerprint density at radius 3 is 2.57 bits per heavy atom. The number of hydrogen-bond acceptors (Lipinski definition) is 8. The van der Waals surface area contributed by atoms with Gasteiger partial charge in [-0.2, -0.15) is 5.21 Å². The number of aromatic nitrogens is 5. The zero-order valence-electron chi connectivity index (χ0n) is 15.7. The van der Waals surface area contributed by atoms with E-state index in [9.17, 15) is 8.42 Å². The summed E-state index contributed by atoms with van der Waals surface area (Å²) in [5, 5.41) is 15.7. The van der Waals surface area contributed by atoms with E-state index < -0.39 is 10.0 Å². The first-order valence-corrected chi connectivity index (χ1v) is 11.3. The molecular formula is C19H17N7O2S2. The summed E-state index contributed by atoms with van der Waals surface area (Å²) < 4.78 is 27.8. The fourth-order valence-corrected chi connectivity index (χ4v) is 4.98. The number of thiazole rings is 1. The maximum absolute atomic E-state index is 13.3. The van der Waals surface area contributed by atoms with Crippen molar-refractivity contribution in [1.82, 2.24) is 25.6 Å². The molecule has 0 radical (unpaired) electrons. The first-order valence-electron chi connectivity index (χ1n) is 8.97. The molecule has 0 aliphatic rings. The minimum Gasteiger partial charge on any atom is -0.256 e. The van der Waals surface area contributed by atoms with Gasteiger partial charge in [0.2, 0.25) is 0 Å². The van der Waals surface area contributed by atoms with Crippen molar-refractivity contribution in [2.24, 2.45) is 4.99 Å². The normalized spacial score (nSPS) is 11.7. The molecule has 9 nitrogen and oxygen atoms in total. The number of aromatic amines is 1. The minimum atomic E-state index is -3.82. The van der Waals surface area contributed by atoms with Crippen molar-refractivity contribution in [3.63, 3.8) is 0 Å². The van der Waals surface area contributed by atoms with Crippen molar-refractivity contribution in [2.45, 2.75) is 11.3 Å². The standard InChI is InChI=1S/C19H17N7O2S2/c27-30(28,26(19-20-11-13-29-19)12-10-18-22-24-25-23-18)17-8-6-16(7-9-17)21-14-15-4-2-1-3-5-15/h1-9,11,13-14H,10,12H2,(H,22,23,24,25). The average Bonchev–Trinajstić information content (AvgIpc) is 3.48. The van der Waals surface area contributed by atoms with Gasteiger partial charge < -0.3 is 0 Å². The Balaban J connectivity index is 1.55. The lowest BCUT2D eigenvalue weighted by atomic mass is 10.2. The van der Waals surface area contributed by atoms with Gasteiger partial charge in [0, 0.05) is 30.8 Å². The van der Waals surface area contributed by atoms with E-state index in [-0.39, 0.29) is 11.4 Å².